The zero-order chi connectivity index (χ0) is 28.4. The molecule has 5 rings (SSSR count). The van der Waals surface area contributed by atoms with Crippen LogP contribution < -0.4 is 16.0 Å². The molecule has 7 nitrogen and oxygen atoms in total. The van der Waals surface area contributed by atoms with Gasteiger partial charge in [0.1, 0.15) is 5.01 Å². The van der Waals surface area contributed by atoms with Gasteiger partial charge in [0.25, 0.3) is 5.91 Å². The first kappa shape index (κ1) is 28.1. The van der Waals surface area contributed by atoms with Crippen LogP contribution in [0.1, 0.15) is 51.6 Å². The molecular formula is C32H39N5O2S. The first-order valence-electron chi connectivity index (χ1n) is 14.2. The van der Waals surface area contributed by atoms with Crippen LogP contribution in [-0.2, 0) is 15.0 Å². The number of rotatable bonds is 9. The molecule has 2 amide bonds. The number of likely N-dealkylation sites (N-methyl/N-ethyl adjacent to an activating group) is 1. The number of para-hydroxylation sites is 1. The number of thiazole rings is 1. The molecule has 0 saturated heterocycles. The molecule has 0 radical (unpaired) electrons. The van der Waals surface area contributed by atoms with Crippen molar-refractivity contribution < 1.29 is 9.59 Å². The SMILES string of the molecule is CCN(CC)CCNC(=O)C1=C(C)NC(/C=C2\C(=O)Nc3c2cccc3-c2csc(C3(C)C=CC=CC3)n2)C1C. The topological polar surface area (TPSA) is 86.4 Å². The summed E-state index contributed by atoms with van der Waals surface area (Å²) in [7, 11) is 0. The average molecular weight is 558 g/mol. The molecule has 0 spiro atoms. The molecule has 0 saturated carbocycles. The number of hydrogen-bond donors (Lipinski definition) is 3. The van der Waals surface area contributed by atoms with Crippen molar-refractivity contribution >= 4 is 34.4 Å². The van der Waals surface area contributed by atoms with Crippen LogP contribution in [0, 0.1) is 5.92 Å². The highest BCUT2D eigenvalue weighted by molar-refractivity contribution is 7.10. The van der Waals surface area contributed by atoms with Crippen molar-refractivity contribution in [3.05, 3.63) is 75.8 Å². The lowest BCUT2D eigenvalue weighted by molar-refractivity contribution is -0.118. The van der Waals surface area contributed by atoms with Crippen molar-refractivity contribution in [3.63, 3.8) is 0 Å². The molecule has 3 atom stereocenters. The Labute approximate surface area is 241 Å². The summed E-state index contributed by atoms with van der Waals surface area (Å²) in [6.07, 6.45) is 11.4. The molecule has 1 aromatic carbocycles. The van der Waals surface area contributed by atoms with Gasteiger partial charge in [-0.2, -0.15) is 0 Å². The molecule has 210 valence electrons. The second-order valence-corrected chi connectivity index (χ2v) is 11.8. The van der Waals surface area contributed by atoms with E-state index in [1.165, 1.54) is 0 Å². The average Bonchev–Trinajstić information content (AvgIpc) is 3.64. The smallest absolute Gasteiger partial charge is 0.256 e. The van der Waals surface area contributed by atoms with Crippen LogP contribution in [0.5, 0.6) is 0 Å². The third kappa shape index (κ3) is 5.30. The maximum Gasteiger partial charge on any atom is 0.256 e. The van der Waals surface area contributed by atoms with Gasteiger partial charge in [-0.05, 0) is 39.4 Å². The number of amides is 2. The fourth-order valence-corrected chi connectivity index (χ4v) is 6.79. The van der Waals surface area contributed by atoms with Crippen LogP contribution in [0.4, 0.5) is 5.69 Å². The van der Waals surface area contributed by atoms with Crippen LogP contribution in [-0.4, -0.2) is 53.9 Å². The van der Waals surface area contributed by atoms with E-state index in [1.54, 1.807) is 11.3 Å². The number of fused-ring (bicyclic) bond motifs is 1. The number of nitrogens with one attached hydrogen (secondary N) is 3. The normalized spacial score (nSPS) is 24.6. The third-order valence-electron chi connectivity index (χ3n) is 8.34. The summed E-state index contributed by atoms with van der Waals surface area (Å²) in [4.78, 5) is 33.6. The van der Waals surface area contributed by atoms with Crippen LogP contribution in [0.2, 0.25) is 0 Å². The van der Waals surface area contributed by atoms with Crippen molar-refractivity contribution in [1.29, 1.82) is 0 Å². The first-order chi connectivity index (χ1) is 19.3. The van der Waals surface area contributed by atoms with Crippen LogP contribution in [0.3, 0.4) is 0 Å². The van der Waals surface area contributed by atoms with Crippen LogP contribution in [0.15, 0.2) is 65.2 Å². The van der Waals surface area contributed by atoms with Crippen molar-refractivity contribution in [2.45, 2.75) is 52.5 Å². The molecule has 8 heteroatoms. The number of carbonyl (C=O) groups is 2. The van der Waals surface area contributed by atoms with Crippen molar-refractivity contribution in [3.8, 4) is 11.3 Å². The highest BCUT2D eigenvalue weighted by atomic mass is 32.1. The quantitative estimate of drug-likeness (QED) is 0.366. The number of allylic oxidation sites excluding steroid dienone is 5. The Morgan fingerprint density at radius 1 is 1.25 bits per heavy atom. The maximum atomic E-state index is 13.2. The summed E-state index contributed by atoms with van der Waals surface area (Å²) in [5.41, 5.74) is 5.58. The Morgan fingerprint density at radius 3 is 2.75 bits per heavy atom. The van der Waals surface area contributed by atoms with Crippen molar-refractivity contribution in [1.82, 2.24) is 20.5 Å². The molecule has 1 aliphatic carbocycles. The summed E-state index contributed by atoms with van der Waals surface area (Å²) >= 11 is 1.66. The van der Waals surface area contributed by atoms with E-state index in [4.69, 9.17) is 4.98 Å². The van der Waals surface area contributed by atoms with E-state index >= 15 is 0 Å². The summed E-state index contributed by atoms with van der Waals surface area (Å²) in [5, 5.41) is 12.8. The van der Waals surface area contributed by atoms with Gasteiger partial charge in [-0.1, -0.05) is 63.3 Å². The monoisotopic (exact) mass is 557 g/mol. The van der Waals surface area contributed by atoms with Crippen molar-refractivity contribution in [2.24, 2.45) is 5.92 Å². The predicted octanol–water partition coefficient (Wildman–Crippen LogP) is 5.26. The molecule has 40 heavy (non-hydrogen) atoms. The Kier molecular flexibility index (Phi) is 8.10. The van der Waals surface area contributed by atoms with Gasteiger partial charge in [0.05, 0.1) is 17.4 Å². The minimum Gasteiger partial charge on any atom is -0.381 e. The Hall–Kier alpha value is -3.49. The number of carbonyl (C=O) groups excluding carboxylic acids is 2. The fraction of sp³-hybridized carbons (Fsp3) is 0.406. The van der Waals surface area contributed by atoms with Gasteiger partial charge in [-0.15, -0.1) is 11.3 Å². The largest absolute Gasteiger partial charge is 0.381 e. The summed E-state index contributed by atoms with van der Waals surface area (Å²) in [6, 6.07) is 5.82. The highest BCUT2D eigenvalue weighted by Crippen LogP contribution is 2.42. The van der Waals surface area contributed by atoms with E-state index in [1.807, 2.05) is 38.1 Å². The second-order valence-electron chi connectivity index (χ2n) is 11.0. The van der Waals surface area contributed by atoms with E-state index in [0.29, 0.717) is 12.1 Å². The summed E-state index contributed by atoms with van der Waals surface area (Å²) in [6.45, 7) is 13.8. The number of benzene rings is 1. The molecule has 3 aliphatic rings. The maximum absolute atomic E-state index is 13.2. The van der Waals surface area contributed by atoms with Gasteiger partial charge < -0.3 is 20.9 Å². The van der Waals surface area contributed by atoms with E-state index < -0.39 is 0 Å². The van der Waals surface area contributed by atoms with Gasteiger partial charge in [0, 0.05) is 57.8 Å². The van der Waals surface area contributed by atoms with Gasteiger partial charge in [-0.25, -0.2) is 4.98 Å². The number of anilines is 1. The standard InChI is InChI=1S/C32H39N5O2S/c1-6-37(7-2)17-16-33-30(39)27-20(3)25(34-21(27)4)18-24-22-12-11-13-23(28(22)36-29(24)38)26-19-40-31(35-26)32(5)14-9-8-10-15-32/h8-14,18-20,25,34H,6-7,15-17H2,1-5H3,(H,33,39)(H,36,38)/b24-18-. The zero-order valence-corrected chi connectivity index (χ0v) is 24.8. The second kappa shape index (κ2) is 11.6. The molecule has 3 unspecified atom stereocenters. The zero-order valence-electron chi connectivity index (χ0n) is 24.0. The van der Waals surface area contributed by atoms with Gasteiger partial charge in [0.15, 0.2) is 0 Å². The summed E-state index contributed by atoms with van der Waals surface area (Å²) < 4.78 is 0. The van der Waals surface area contributed by atoms with E-state index in [-0.39, 0.29) is 29.2 Å². The molecule has 1 aromatic heterocycles. The van der Waals surface area contributed by atoms with E-state index in [2.05, 4.69) is 71.3 Å². The lowest BCUT2D eigenvalue weighted by Gasteiger charge is -2.23. The van der Waals surface area contributed by atoms with Gasteiger partial charge >= 0.3 is 0 Å². The molecule has 2 aromatic rings. The Bertz CT molecular complexity index is 1430. The van der Waals surface area contributed by atoms with Gasteiger partial charge in [-0.3, -0.25) is 9.59 Å². The van der Waals surface area contributed by atoms with Crippen LogP contribution in [0.25, 0.3) is 16.8 Å². The molecular weight excluding hydrogens is 518 g/mol. The number of aromatic nitrogens is 1. The van der Waals surface area contributed by atoms with Gasteiger partial charge in [0.2, 0.25) is 5.91 Å². The minimum absolute atomic E-state index is 0.0413. The Balaban J connectivity index is 1.34. The minimum atomic E-state index is -0.157. The lowest BCUT2D eigenvalue weighted by atomic mass is 9.84. The summed E-state index contributed by atoms with van der Waals surface area (Å²) in [5.74, 6) is -0.241. The van der Waals surface area contributed by atoms with E-state index in [0.717, 1.165) is 64.8 Å². The highest BCUT2D eigenvalue weighted by Gasteiger charge is 2.35. The number of hydrogen-bond acceptors (Lipinski definition) is 6. The molecule has 2 aliphatic heterocycles. The predicted molar refractivity (Wildman–Crippen MR) is 164 cm³/mol. The first-order valence-corrected chi connectivity index (χ1v) is 15.1. The third-order valence-corrected chi connectivity index (χ3v) is 9.46. The van der Waals surface area contributed by atoms with E-state index in [9.17, 15) is 9.59 Å². The molecule has 0 fully saturated rings. The Morgan fingerprint density at radius 2 is 2.02 bits per heavy atom. The fourth-order valence-electron chi connectivity index (χ4n) is 5.82. The lowest BCUT2D eigenvalue weighted by Crippen LogP contribution is -2.36. The van der Waals surface area contributed by atoms with Crippen molar-refractivity contribution in [2.75, 3.05) is 31.5 Å². The number of nitrogens with zero attached hydrogens (tertiary/aromatic N) is 2. The molecule has 3 N–H and O–H groups in total. The molecule has 0 bridgehead atoms. The van der Waals surface area contributed by atoms with Crippen LogP contribution >= 0.6 is 11.3 Å². The molecule has 3 heterocycles.